The minimum Gasteiger partial charge on any atom is -0.342 e. The molecule has 2 aliphatic heterocycles. The van der Waals surface area contributed by atoms with Crippen LogP contribution in [0.4, 0.5) is 0 Å². The van der Waals surface area contributed by atoms with Crippen LogP contribution < -0.4 is 0 Å². The van der Waals surface area contributed by atoms with Crippen molar-refractivity contribution in [1.82, 2.24) is 9.80 Å². The average molecular weight is 210 g/mol. The van der Waals surface area contributed by atoms with E-state index >= 15 is 0 Å². The Hall–Kier alpha value is -0.900. The van der Waals surface area contributed by atoms with Gasteiger partial charge in [-0.15, -0.1) is 0 Å². The summed E-state index contributed by atoms with van der Waals surface area (Å²) < 4.78 is 0. The maximum atomic E-state index is 11.8. The average Bonchev–Trinajstić information content (AvgIpc) is 2.70. The van der Waals surface area contributed by atoms with E-state index in [1.807, 2.05) is 9.80 Å². The fourth-order valence-corrected chi connectivity index (χ4v) is 2.30. The van der Waals surface area contributed by atoms with Gasteiger partial charge >= 0.3 is 0 Å². The largest absolute Gasteiger partial charge is 0.342 e. The van der Waals surface area contributed by atoms with Crippen molar-refractivity contribution in [2.45, 2.75) is 25.7 Å². The zero-order valence-corrected chi connectivity index (χ0v) is 9.07. The number of hydrogen-bond donors (Lipinski definition) is 0. The predicted molar refractivity (Wildman–Crippen MR) is 56.5 cm³/mol. The standard InChI is InChI=1S/C11H18N2O2/c14-10-4-3-5-12(8-10)9-11(15)13-6-1-2-7-13/h1-9H2. The first kappa shape index (κ1) is 10.6. The lowest BCUT2D eigenvalue weighted by Crippen LogP contribution is -2.43. The summed E-state index contributed by atoms with van der Waals surface area (Å²) in [5.41, 5.74) is 0. The number of nitrogens with zero attached hydrogens (tertiary/aromatic N) is 2. The molecule has 0 atom stereocenters. The summed E-state index contributed by atoms with van der Waals surface area (Å²) in [5, 5.41) is 0. The van der Waals surface area contributed by atoms with E-state index in [4.69, 9.17) is 0 Å². The molecule has 0 N–H and O–H groups in total. The zero-order chi connectivity index (χ0) is 10.7. The van der Waals surface area contributed by atoms with Gasteiger partial charge in [0.2, 0.25) is 5.91 Å². The number of hydrogen-bond acceptors (Lipinski definition) is 3. The van der Waals surface area contributed by atoms with E-state index in [0.29, 0.717) is 19.5 Å². The Balaban J connectivity index is 1.79. The number of ketones is 1. The summed E-state index contributed by atoms with van der Waals surface area (Å²) in [6, 6.07) is 0. The minimum atomic E-state index is 0.196. The fraction of sp³-hybridized carbons (Fsp3) is 0.818. The molecule has 15 heavy (non-hydrogen) atoms. The van der Waals surface area contributed by atoms with E-state index in [-0.39, 0.29) is 11.7 Å². The van der Waals surface area contributed by atoms with Gasteiger partial charge in [0.15, 0.2) is 0 Å². The van der Waals surface area contributed by atoms with E-state index < -0.39 is 0 Å². The predicted octanol–water partition coefficient (Wildman–Crippen LogP) is 0.274. The van der Waals surface area contributed by atoms with E-state index in [2.05, 4.69) is 0 Å². The zero-order valence-electron chi connectivity index (χ0n) is 9.07. The Morgan fingerprint density at radius 1 is 1.13 bits per heavy atom. The highest BCUT2D eigenvalue weighted by molar-refractivity contribution is 5.83. The molecule has 0 bridgehead atoms. The normalized spacial score (nSPS) is 23.5. The molecule has 2 aliphatic rings. The number of rotatable bonds is 2. The summed E-state index contributed by atoms with van der Waals surface area (Å²) in [7, 11) is 0. The van der Waals surface area contributed by atoms with Gasteiger partial charge in [-0.3, -0.25) is 14.5 Å². The maximum Gasteiger partial charge on any atom is 0.236 e. The Bertz CT molecular complexity index is 259. The van der Waals surface area contributed by atoms with Gasteiger partial charge in [-0.1, -0.05) is 0 Å². The maximum absolute atomic E-state index is 11.8. The number of carbonyl (C=O) groups is 2. The number of likely N-dealkylation sites (tertiary alicyclic amines) is 2. The van der Waals surface area contributed by atoms with Crippen LogP contribution in [0.15, 0.2) is 0 Å². The first-order valence-electron chi connectivity index (χ1n) is 5.77. The number of Topliss-reactive ketones (excluding diaryl/α,β-unsaturated/α-hetero) is 1. The Labute approximate surface area is 90.2 Å². The van der Waals surface area contributed by atoms with Crippen molar-refractivity contribution in [2.75, 3.05) is 32.7 Å². The molecule has 0 radical (unpaired) electrons. The van der Waals surface area contributed by atoms with Gasteiger partial charge in [-0.05, 0) is 25.8 Å². The third-order valence-corrected chi connectivity index (χ3v) is 3.15. The molecule has 0 saturated carbocycles. The number of amides is 1. The van der Waals surface area contributed by atoms with Gasteiger partial charge in [-0.25, -0.2) is 0 Å². The monoisotopic (exact) mass is 210 g/mol. The summed E-state index contributed by atoms with van der Waals surface area (Å²) in [6.07, 6.45) is 3.86. The third kappa shape index (κ3) is 2.78. The summed E-state index contributed by atoms with van der Waals surface area (Å²) >= 11 is 0. The van der Waals surface area contributed by atoms with Crippen LogP contribution in [0.5, 0.6) is 0 Å². The van der Waals surface area contributed by atoms with Crippen molar-refractivity contribution in [2.24, 2.45) is 0 Å². The number of carbonyl (C=O) groups excluding carboxylic acids is 2. The van der Waals surface area contributed by atoms with Gasteiger partial charge in [-0.2, -0.15) is 0 Å². The summed E-state index contributed by atoms with van der Waals surface area (Å²) in [4.78, 5) is 26.9. The van der Waals surface area contributed by atoms with E-state index in [1.165, 1.54) is 0 Å². The van der Waals surface area contributed by atoms with Gasteiger partial charge < -0.3 is 4.90 Å². The second-order valence-electron chi connectivity index (χ2n) is 4.44. The molecule has 0 aromatic carbocycles. The van der Waals surface area contributed by atoms with Crippen LogP contribution in [-0.4, -0.2) is 54.2 Å². The first-order chi connectivity index (χ1) is 7.25. The summed E-state index contributed by atoms with van der Waals surface area (Å²) in [5.74, 6) is 0.470. The molecular formula is C11H18N2O2. The molecule has 0 aromatic heterocycles. The van der Waals surface area contributed by atoms with Crippen molar-refractivity contribution < 1.29 is 9.59 Å². The highest BCUT2D eigenvalue weighted by atomic mass is 16.2. The van der Waals surface area contributed by atoms with Crippen LogP contribution in [-0.2, 0) is 9.59 Å². The quantitative estimate of drug-likeness (QED) is 0.657. The first-order valence-corrected chi connectivity index (χ1v) is 5.77. The van der Waals surface area contributed by atoms with Gasteiger partial charge in [0.05, 0.1) is 13.1 Å². The van der Waals surface area contributed by atoms with Crippen LogP contribution in [0, 0.1) is 0 Å². The lowest BCUT2D eigenvalue weighted by atomic mass is 10.1. The molecule has 84 valence electrons. The van der Waals surface area contributed by atoms with Gasteiger partial charge in [0.1, 0.15) is 5.78 Å². The molecule has 0 aliphatic carbocycles. The number of piperidine rings is 1. The van der Waals surface area contributed by atoms with Crippen molar-refractivity contribution >= 4 is 11.7 Å². The highest BCUT2D eigenvalue weighted by Crippen LogP contribution is 2.10. The lowest BCUT2D eigenvalue weighted by Gasteiger charge is -2.26. The molecule has 0 unspecified atom stereocenters. The van der Waals surface area contributed by atoms with Crippen LogP contribution in [0.1, 0.15) is 25.7 Å². The minimum absolute atomic E-state index is 0.196. The molecule has 2 fully saturated rings. The van der Waals surface area contributed by atoms with Crippen LogP contribution >= 0.6 is 0 Å². The van der Waals surface area contributed by atoms with E-state index in [1.54, 1.807) is 0 Å². The summed E-state index contributed by atoms with van der Waals surface area (Å²) in [6.45, 7) is 3.61. The lowest BCUT2D eigenvalue weighted by molar-refractivity contribution is -0.132. The SMILES string of the molecule is O=C1CCCN(CC(=O)N2CCCC2)C1. The Morgan fingerprint density at radius 3 is 2.53 bits per heavy atom. The molecule has 4 nitrogen and oxygen atoms in total. The van der Waals surface area contributed by atoms with E-state index in [0.717, 1.165) is 38.9 Å². The van der Waals surface area contributed by atoms with Crippen molar-refractivity contribution in [3.8, 4) is 0 Å². The Morgan fingerprint density at radius 2 is 1.87 bits per heavy atom. The third-order valence-electron chi connectivity index (χ3n) is 3.15. The molecule has 4 heteroatoms. The molecule has 2 rings (SSSR count). The van der Waals surface area contributed by atoms with Crippen LogP contribution in [0.25, 0.3) is 0 Å². The van der Waals surface area contributed by atoms with Crippen molar-refractivity contribution in [3.63, 3.8) is 0 Å². The van der Waals surface area contributed by atoms with Crippen LogP contribution in [0.2, 0.25) is 0 Å². The molecule has 2 heterocycles. The smallest absolute Gasteiger partial charge is 0.236 e. The van der Waals surface area contributed by atoms with E-state index in [9.17, 15) is 9.59 Å². The van der Waals surface area contributed by atoms with Gasteiger partial charge in [0, 0.05) is 19.5 Å². The topological polar surface area (TPSA) is 40.6 Å². The van der Waals surface area contributed by atoms with Crippen molar-refractivity contribution in [3.05, 3.63) is 0 Å². The second kappa shape index (κ2) is 4.75. The van der Waals surface area contributed by atoms with Crippen molar-refractivity contribution in [1.29, 1.82) is 0 Å². The Kier molecular flexibility index (Phi) is 3.36. The fourth-order valence-electron chi connectivity index (χ4n) is 2.30. The molecular weight excluding hydrogens is 192 g/mol. The highest BCUT2D eigenvalue weighted by Gasteiger charge is 2.23. The molecule has 2 saturated heterocycles. The molecule has 1 amide bonds. The molecule has 0 aromatic rings. The second-order valence-corrected chi connectivity index (χ2v) is 4.44. The van der Waals surface area contributed by atoms with Crippen LogP contribution in [0.3, 0.4) is 0 Å². The van der Waals surface area contributed by atoms with Gasteiger partial charge in [0.25, 0.3) is 0 Å². The molecule has 0 spiro atoms.